The van der Waals surface area contributed by atoms with Crippen LogP contribution in [0.4, 0.5) is 0 Å². The largest absolute Gasteiger partial charge is 0.472 e. The molecule has 0 radical (unpaired) electrons. The van der Waals surface area contributed by atoms with E-state index in [2.05, 4.69) is 88.5 Å². The van der Waals surface area contributed by atoms with Gasteiger partial charge < -0.3 is 33.8 Å². The van der Waals surface area contributed by atoms with E-state index >= 15 is 0 Å². The highest BCUT2D eigenvalue weighted by Crippen LogP contribution is 2.45. The van der Waals surface area contributed by atoms with E-state index in [9.17, 15) is 43.2 Å². The van der Waals surface area contributed by atoms with Crippen LogP contribution in [0.2, 0.25) is 0 Å². The lowest BCUT2D eigenvalue weighted by atomic mass is 10.0. The molecule has 19 heteroatoms. The van der Waals surface area contributed by atoms with Crippen molar-refractivity contribution in [3.63, 3.8) is 0 Å². The van der Waals surface area contributed by atoms with Crippen molar-refractivity contribution in [1.82, 2.24) is 0 Å². The Balaban J connectivity index is 5.37. The number of carbonyl (C=O) groups is 4. The van der Waals surface area contributed by atoms with Crippen molar-refractivity contribution in [3.8, 4) is 0 Å². The van der Waals surface area contributed by atoms with Crippen LogP contribution in [0, 0.1) is 0 Å². The Morgan fingerprint density at radius 1 is 0.280 bits per heavy atom. The van der Waals surface area contributed by atoms with Gasteiger partial charge in [0.15, 0.2) is 12.2 Å². The fraction of sp³-hybridized carbons (Fsp3) is 0.802. The quantitative estimate of drug-likeness (QED) is 0.0169. The summed E-state index contributed by atoms with van der Waals surface area (Å²) < 4.78 is 68.6. The molecular weight excluding hydrogens is 1310 g/mol. The van der Waals surface area contributed by atoms with E-state index in [4.69, 9.17) is 37.0 Å². The first-order chi connectivity index (χ1) is 48.7. The first-order valence-electron chi connectivity index (χ1n) is 40.2. The molecule has 0 heterocycles. The number of hydrogen-bond acceptors (Lipinski definition) is 15. The Kier molecular flexibility index (Phi) is 71.2. The molecule has 0 aliphatic rings. The van der Waals surface area contributed by atoms with Crippen molar-refractivity contribution in [3.05, 3.63) is 72.9 Å². The number of ether oxygens (including phenoxy) is 4. The minimum Gasteiger partial charge on any atom is -0.462 e. The fourth-order valence-corrected chi connectivity index (χ4v) is 12.5. The SMILES string of the molecule is CCCCC/C=C\C/C=C\C/C=C\C/C=C\CCCC(=O)OC[C@H](COP(=O)(O)OC[C@@H](O)COP(=O)(O)OC[C@@H](COC(=O)CCCCCCCCC/C=C\CCCCCC)OC(=O)CCCCCCCCCCCCCCC)OC(=O)CCCCCCCCC/C=C\CCCCCC. The van der Waals surface area contributed by atoms with Gasteiger partial charge in [0.25, 0.3) is 0 Å². The van der Waals surface area contributed by atoms with Crippen LogP contribution in [-0.2, 0) is 65.4 Å². The van der Waals surface area contributed by atoms with Gasteiger partial charge in [0.1, 0.15) is 19.3 Å². The van der Waals surface area contributed by atoms with Crippen molar-refractivity contribution in [1.29, 1.82) is 0 Å². The van der Waals surface area contributed by atoms with E-state index in [0.717, 1.165) is 141 Å². The van der Waals surface area contributed by atoms with Gasteiger partial charge in [-0.05, 0) is 116 Å². The molecule has 0 aromatic carbocycles. The number of allylic oxidation sites excluding steroid dienone is 12. The molecule has 0 saturated heterocycles. The van der Waals surface area contributed by atoms with Crippen LogP contribution in [0.15, 0.2) is 72.9 Å². The Labute approximate surface area is 609 Å². The maximum Gasteiger partial charge on any atom is 0.472 e. The third-order valence-corrected chi connectivity index (χ3v) is 19.0. The topological polar surface area (TPSA) is 237 Å². The number of aliphatic hydroxyl groups excluding tert-OH is 1. The number of unbranched alkanes of at least 4 members (excludes halogenated alkanes) is 38. The predicted molar refractivity (Wildman–Crippen MR) is 409 cm³/mol. The highest BCUT2D eigenvalue weighted by atomic mass is 31.2. The second kappa shape index (κ2) is 73.8. The van der Waals surface area contributed by atoms with Gasteiger partial charge in [-0.25, -0.2) is 9.13 Å². The molecule has 582 valence electrons. The van der Waals surface area contributed by atoms with Crippen LogP contribution in [0.1, 0.15) is 362 Å². The van der Waals surface area contributed by atoms with Gasteiger partial charge in [-0.1, -0.05) is 293 Å². The zero-order valence-electron chi connectivity index (χ0n) is 63.6. The molecule has 0 fully saturated rings. The molecular formula is C81H146O17P2. The smallest absolute Gasteiger partial charge is 0.462 e. The Bertz CT molecular complexity index is 2180. The molecule has 17 nitrogen and oxygen atoms in total. The minimum absolute atomic E-state index is 0.0811. The number of hydrogen-bond donors (Lipinski definition) is 3. The third-order valence-electron chi connectivity index (χ3n) is 17.1. The maximum atomic E-state index is 13.1. The van der Waals surface area contributed by atoms with Gasteiger partial charge in [-0.15, -0.1) is 0 Å². The molecule has 0 aliphatic heterocycles. The molecule has 2 unspecified atom stereocenters. The Morgan fingerprint density at radius 3 is 0.830 bits per heavy atom. The third kappa shape index (κ3) is 72.8. The van der Waals surface area contributed by atoms with E-state index in [-0.39, 0.29) is 25.7 Å². The second-order valence-electron chi connectivity index (χ2n) is 27.0. The monoisotopic (exact) mass is 1450 g/mol. The van der Waals surface area contributed by atoms with Gasteiger partial charge in [0.05, 0.1) is 26.4 Å². The molecule has 0 spiro atoms. The summed E-state index contributed by atoms with van der Waals surface area (Å²) in [5.41, 5.74) is 0. The average molecular weight is 1450 g/mol. The van der Waals surface area contributed by atoms with Crippen LogP contribution in [0.5, 0.6) is 0 Å². The summed E-state index contributed by atoms with van der Waals surface area (Å²) >= 11 is 0. The molecule has 0 amide bonds. The van der Waals surface area contributed by atoms with Crippen molar-refractivity contribution in [2.45, 2.75) is 380 Å². The number of rotatable bonds is 76. The minimum atomic E-state index is -4.98. The van der Waals surface area contributed by atoms with Crippen LogP contribution in [-0.4, -0.2) is 96.7 Å². The second-order valence-corrected chi connectivity index (χ2v) is 29.9. The molecule has 0 aromatic rings. The van der Waals surface area contributed by atoms with Crippen molar-refractivity contribution < 1.29 is 80.2 Å². The van der Waals surface area contributed by atoms with Gasteiger partial charge in [-0.3, -0.25) is 37.3 Å². The Morgan fingerprint density at radius 2 is 0.500 bits per heavy atom. The molecule has 0 aliphatic carbocycles. The standard InChI is InChI=1S/C81H146O17P2/c1-5-9-13-17-21-25-29-33-36-37-40-43-46-50-54-58-62-66-79(84)92-72-77(98-81(86)68-64-60-56-52-48-44-39-35-31-27-23-19-15-11-7-3)74-96-100(89,90)94-70-75(82)69-93-99(87,88)95-73-76(97-80(85)67-63-59-55-51-47-41-32-28-24-20-16-12-8-4)71-91-78(83)65-61-57-53-49-45-42-38-34-30-26-22-18-14-10-6-2/h21,25-27,30-31,33,36,40,43,50,54,75-77,82H,5-20,22-24,28-29,32,34-35,37-39,41-42,44-49,51-53,55-74H2,1-4H3,(H,87,88)(H,89,90)/b25-21-,30-26-,31-27-,36-33-,43-40-,54-50-/t75-,76+,77+/m0/s1. The van der Waals surface area contributed by atoms with Crippen LogP contribution < -0.4 is 0 Å². The van der Waals surface area contributed by atoms with Crippen molar-refractivity contribution in [2.75, 3.05) is 39.6 Å². The first-order valence-corrected chi connectivity index (χ1v) is 43.2. The molecule has 0 bridgehead atoms. The average Bonchev–Trinajstić information content (AvgIpc) is 1.06. The normalized spacial score (nSPS) is 14.3. The first kappa shape index (κ1) is 96.5. The summed E-state index contributed by atoms with van der Waals surface area (Å²) in [5.74, 6) is -2.22. The molecule has 5 atom stereocenters. The summed E-state index contributed by atoms with van der Waals surface area (Å²) in [7, 11) is -9.96. The predicted octanol–water partition coefficient (Wildman–Crippen LogP) is 23.2. The number of phosphoric acid groups is 2. The summed E-state index contributed by atoms with van der Waals surface area (Å²) in [4.78, 5) is 72.9. The van der Waals surface area contributed by atoms with Crippen LogP contribution >= 0.6 is 15.6 Å². The lowest BCUT2D eigenvalue weighted by molar-refractivity contribution is -0.161. The van der Waals surface area contributed by atoms with Crippen molar-refractivity contribution >= 4 is 39.5 Å². The van der Waals surface area contributed by atoms with Gasteiger partial charge in [0, 0.05) is 25.7 Å². The van der Waals surface area contributed by atoms with Crippen molar-refractivity contribution in [2.24, 2.45) is 0 Å². The van der Waals surface area contributed by atoms with E-state index in [1.165, 1.54) is 135 Å². The number of carbonyl (C=O) groups excluding carboxylic acids is 4. The maximum absolute atomic E-state index is 13.1. The van der Waals surface area contributed by atoms with E-state index in [1.54, 1.807) is 0 Å². The lowest BCUT2D eigenvalue weighted by Gasteiger charge is -2.21. The summed E-state index contributed by atoms with van der Waals surface area (Å²) in [6.07, 6.45) is 74.5. The van der Waals surface area contributed by atoms with E-state index in [1.807, 2.05) is 12.2 Å². The van der Waals surface area contributed by atoms with Crippen LogP contribution in [0.25, 0.3) is 0 Å². The molecule has 3 N–H and O–H groups in total. The summed E-state index contributed by atoms with van der Waals surface area (Å²) in [6.45, 7) is 4.81. The highest BCUT2D eigenvalue weighted by Gasteiger charge is 2.30. The number of phosphoric ester groups is 2. The van der Waals surface area contributed by atoms with Crippen LogP contribution in [0.3, 0.4) is 0 Å². The molecule has 100 heavy (non-hydrogen) atoms. The molecule has 0 rings (SSSR count). The number of esters is 4. The summed E-state index contributed by atoms with van der Waals surface area (Å²) in [5, 5.41) is 10.6. The summed E-state index contributed by atoms with van der Waals surface area (Å²) in [6, 6.07) is 0. The van der Waals surface area contributed by atoms with E-state index < -0.39 is 97.5 Å². The van der Waals surface area contributed by atoms with E-state index in [0.29, 0.717) is 32.1 Å². The molecule has 0 aromatic heterocycles. The zero-order valence-corrected chi connectivity index (χ0v) is 65.4. The zero-order chi connectivity index (χ0) is 73.2. The highest BCUT2D eigenvalue weighted by molar-refractivity contribution is 7.47. The lowest BCUT2D eigenvalue weighted by Crippen LogP contribution is -2.30. The Hall–Kier alpha value is -3.50. The van der Waals surface area contributed by atoms with Gasteiger partial charge in [-0.2, -0.15) is 0 Å². The van der Waals surface area contributed by atoms with Gasteiger partial charge >= 0.3 is 39.5 Å². The number of aliphatic hydroxyl groups is 1. The molecule has 0 saturated carbocycles. The van der Waals surface area contributed by atoms with Gasteiger partial charge in [0.2, 0.25) is 0 Å². The fourth-order valence-electron chi connectivity index (χ4n) is 11.0.